The first kappa shape index (κ1) is 21.0. The average molecular weight is 474 g/mol. The lowest BCUT2D eigenvalue weighted by Crippen LogP contribution is -2.21. The predicted octanol–water partition coefficient (Wildman–Crippen LogP) is 4.64. The molecule has 9 heteroatoms. The van der Waals surface area contributed by atoms with Gasteiger partial charge in [0.1, 0.15) is 11.4 Å². The van der Waals surface area contributed by atoms with Gasteiger partial charge in [-0.2, -0.15) is 5.10 Å². The fourth-order valence-electron chi connectivity index (χ4n) is 3.82. The topological polar surface area (TPSA) is 76.8 Å². The number of para-hydroxylation sites is 1. The molecule has 1 N–H and O–H groups in total. The van der Waals surface area contributed by atoms with Crippen molar-refractivity contribution in [1.29, 1.82) is 0 Å². The second-order valence-corrected chi connectivity index (χ2v) is 9.14. The van der Waals surface area contributed by atoms with E-state index in [9.17, 15) is 9.90 Å². The molecule has 0 bridgehead atoms. The fourth-order valence-corrected chi connectivity index (χ4v) is 5.09. The van der Waals surface area contributed by atoms with Crippen LogP contribution in [0.5, 0.6) is 5.88 Å². The van der Waals surface area contributed by atoms with Crippen molar-refractivity contribution in [3.8, 4) is 17.3 Å². The van der Waals surface area contributed by atoms with Gasteiger partial charge in [-0.15, -0.1) is 16.4 Å². The minimum absolute atomic E-state index is 0.0868. The van der Waals surface area contributed by atoms with Gasteiger partial charge in [0.15, 0.2) is 3.95 Å². The van der Waals surface area contributed by atoms with E-state index >= 15 is 0 Å². The van der Waals surface area contributed by atoms with Crippen LogP contribution < -0.4 is 5.56 Å². The van der Waals surface area contributed by atoms with Crippen LogP contribution in [0.15, 0.2) is 81.2 Å². The molecule has 0 amide bonds. The molecular weight excluding hydrogens is 454 g/mol. The number of thiazole rings is 1. The van der Waals surface area contributed by atoms with Gasteiger partial charge in [-0.05, 0) is 37.4 Å². The molecule has 164 valence electrons. The van der Waals surface area contributed by atoms with Gasteiger partial charge in [0.05, 0.1) is 22.5 Å². The number of hydrogen-bond donors (Lipinski definition) is 1. The molecule has 7 nitrogen and oxygen atoms in total. The van der Waals surface area contributed by atoms with E-state index in [1.54, 1.807) is 28.7 Å². The molecule has 0 fully saturated rings. The van der Waals surface area contributed by atoms with Crippen molar-refractivity contribution in [2.24, 2.45) is 17.3 Å². The molecule has 0 spiro atoms. The minimum Gasteiger partial charge on any atom is -0.493 e. The van der Waals surface area contributed by atoms with E-state index in [1.165, 1.54) is 15.9 Å². The van der Waals surface area contributed by atoms with Gasteiger partial charge in [-0.1, -0.05) is 48.5 Å². The molecule has 0 unspecified atom stereocenters. The summed E-state index contributed by atoms with van der Waals surface area (Å²) in [5, 5.41) is 19.4. The highest BCUT2D eigenvalue weighted by Crippen LogP contribution is 2.32. The molecule has 33 heavy (non-hydrogen) atoms. The van der Waals surface area contributed by atoms with Crippen molar-refractivity contribution in [3.05, 3.63) is 96.7 Å². The molecule has 0 saturated carbocycles. The van der Waals surface area contributed by atoms with Crippen LogP contribution in [0.25, 0.3) is 17.5 Å². The van der Waals surface area contributed by atoms with Crippen LogP contribution >= 0.6 is 23.6 Å². The van der Waals surface area contributed by atoms with E-state index in [0.717, 1.165) is 16.8 Å². The van der Waals surface area contributed by atoms with Gasteiger partial charge in [-0.25, -0.2) is 4.68 Å². The zero-order valence-corrected chi connectivity index (χ0v) is 19.5. The maximum absolute atomic E-state index is 13.4. The molecule has 1 aliphatic heterocycles. The quantitative estimate of drug-likeness (QED) is 0.439. The largest absolute Gasteiger partial charge is 0.493 e. The van der Waals surface area contributed by atoms with Crippen LogP contribution in [0.2, 0.25) is 0 Å². The van der Waals surface area contributed by atoms with E-state index in [0.29, 0.717) is 25.9 Å². The number of rotatable bonds is 4. The standard InChI is InChI=1S/C24H19N5O2S2/c1-15-21(23(31)29(27(15)2)18-11-7-4-8-12-18)28-22(30)19(33-24(28)32)13-17-14-25-26-20(17)16-9-5-3-6-10-16/h3-14,30H,1-2H3. The molecule has 0 saturated heterocycles. The molecule has 1 aliphatic rings. The molecule has 5 rings (SSSR count). The minimum atomic E-state index is -0.265. The summed E-state index contributed by atoms with van der Waals surface area (Å²) in [4.78, 5) is 13.9. The Labute approximate surface area is 198 Å². The Balaban J connectivity index is 1.63. The van der Waals surface area contributed by atoms with E-state index in [4.69, 9.17) is 12.2 Å². The highest BCUT2D eigenvalue weighted by Gasteiger charge is 2.23. The summed E-state index contributed by atoms with van der Waals surface area (Å²) in [5.74, 6) is -0.0868. The molecule has 2 aromatic carbocycles. The Morgan fingerprint density at radius 1 is 1.06 bits per heavy atom. The first-order valence-corrected chi connectivity index (χ1v) is 11.4. The molecule has 0 atom stereocenters. The second kappa shape index (κ2) is 8.27. The van der Waals surface area contributed by atoms with Crippen molar-refractivity contribution in [1.82, 2.24) is 13.9 Å². The summed E-state index contributed by atoms with van der Waals surface area (Å²) in [5.41, 5.74) is 3.86. The molecule has 4 aromatic rings. The molecule has 0 radical (unpaired) electrons. The second-order valence-electron chi connectivity index (χ2n) is 7.46. The van der Waals surface area contributed by atoms with Crippen LogP contribution in [-0.2, 0) is 7.05 Å². The summed E-state index contributed by atoms with van der Waals surface area (Å²) in [7, 11) is 1.81. The Bertz CT molecular complexity index is 1570. The summed E-state index contributed by atoms with van der Waals surface area (Å²) in [6, 6.07) is 19.1. The van der Waals surface area contributed by atoms with Crippen LogP contribution in [-0.4, -0.2) is 31.0 Å². The summed E-state index contributed by atoms with van der Waals surface area (Å²) in [6.07, 6.45) is 3.44. The van der Waals surface area contributed by atoms with Crippen molar-refractivity contribution < 1.29 is 5.11 Å². The molecule has 2 aromatic heterocycles. The monoisotopic (exact) mass is 473 g/mol. The smallest absolute Gasteiger partial charge is 0.296 e. The van der Waals surface area contributed by atoms with E-state index in [2.05, 4.69) is 10.2 Å². The van der Waals surface area contributed by atoms with Gasteiger partial charge in [0.25, 0.3) is 5.56 Å². The Kier molecular flexibility index (Phi) is 5.27. The van der Waals surface area contributed by atoms with Crippen molar-refractivity contribution in [2.75, 3.05) is 0 Å². The normalized spacial score (nSPS) is 14.2. The third-order valence-corrected chi connectivity index (χ3v) is 6.83. The number of aromatic hydroxyl groups is 1. The Morgan fingerprint density at radius 2 is 1.73 bits per heavy atom. The van der Waals surface area contributed by atoms with Crippen molar-refractivity contribution >= 4 is 41.6 Å². The van der Waals surface area contributed by atoms with Gasteiger partial charge in [0, 0.05) is 18.2 Å². The first-order chi connectivity index (χ1) is 16.0. The van der Waals surface area contributed by atoms with E-state index in [-0.39, 0.29) is 11.4 Å². The molecule has 0 aliphatic carbocycles. The maximum atomic E-state index is 13.4. The van der Waals surface area contributed by atoms with Gasteiger partial charge >= 0.3 is 0 Å². The number of nitrogens with zero attached hydrogens (tertiary/aromatic N) is 5. The summed E-state index contributed by atoms with van der Waals surface area (Å²) < 4.78 is 5.13. The van der Waals surface area contributed by atoms with Gasteiger partial charge in [-0.3, -0.25) is 14.0 Å². The van der Waals surface area contributed by atoms with Gasteiger partial charge < -0.3 is 5.11 Å². The van der Waals surface area contributed by atoms with Crippen LogP contribution in [0.3, 0.4) is 0 Å². The van der Waals surface area contributed by atoms with Crippen molar-refractivity contribution in [3.63, 3.8) is 0 Å². The average Bonchev–Trinajstić information content (AvgIpc) is 3.46. The number of benzene rings is 2. The fraction of sp³-hybridized carbons (Fsp3) is 0.0833. The van der Waals surface area contributed by atoms with Crippen LogP contribution in [0.4, 0.5) is 0 Å². The third-order valence-electron chi connectivity index (χ3n) is 5.52. The van der Waals surface area contributed by atoms with Gasteiger partial charge in [0.2, 0.25) is 5.88 Å². The maximum Gasteiger partial charge on any atom is 0.296 e. The lowest BCUT2D eigenvalue weighted by Gasteiger charge is -2.07. The molecular formula is C24H19N5O2S2. The summed E-state index contributed by atoms with van der Waals surface area (Å²) >= 11 is 6.79. The van der Waals surface area contributed by atoms with Crippen LogP contribution in [0.1, 0.15) is 16.1 Å². The van der Waals surface area contributed by atoms with E-state index in [1.807, 2.05) is 67.6 Å². The summed E-state index contributed by atoms with van der Waals surface area (Å²) in [6.45, 7) is 1.83. The highest BCUT2D eigenvalue weighted by molar-refractivity contribution is 7.73. The molecule has 3 heterocycles. The Morgan fingerprint density at radius 3 is 2.42 bits per heavy atom. The van der Waals surface area contributed by atoms with Crippen LogP contribution in [0, 0.1) is 10.9 Å². The Hall–Kier alpha value is -3.82. The number of aromatic nitrogens is 3. The zero-order valence-electron chi connectivity index (χ0n) is 17.8. The zero-order chi connectivity index (χ0) is 23.1. The van der Waals surface area contributed by atoms with E-state index < -0.39 is 0 Å². The first-order valence-electron chi connectivity index (χ1n) is 10.1. The van der Waals surface area contributed by atoms with Crippen molar-refractivity contribution in [2.45, 2.75) is 6.92 Å². The lowest BCUT2D eigenvalue weighted by atomic mass is 10.0. The lowest BCUT2D eigenvalue weighted by molar-refractivity contribution is 0.440. The SMILES string of the molecule is Cc1c(-n2c(O)c(C=C3C=NN=C3c3ccccc3)sc2=S)c(=O)n(-c2ccccc2)n1C. The third kappa shape index (κ3) is 3.51. The number of allylic oxidation sites excluding steroid dienone is 1. The predicted molar refractivity (Wildman–Crippen MR) is 135 cm³/mol. The highest BCUT2D eigenvalue weighted by atomic mass is 32.1. The number of hydrogen-bond acceptors (Lipinski definition) is 6.